The first-order valence-corrected chi connectivity index (χ1v) is 8.56. The van der Waals surface area contributed by atoms with E-state index in [0.717, 1.165) is 24.3 Å². The molecule has 4 nitrogen and oxygen atoms in total. The largest absolute Gasteiger partial charge is 0.427 e. The minimum atomic E-state index is -7.49. The maximum Gasteiger partial charge on any atom is 0.427 e. The summed E-state index contributed by atoms with van der Waals surface area (Å²) in [7, 11) is 0. The maximum atomic E-state index is 13.7. The Hall–Kier alpha value is -2.30. The SMILES string of the molecule is OC1(O)C=CC(c2ccccc2)=CC1(C(O)(C(F)(F)F)C(F)(F)F)C(O)(C(F)(F)F)C(F)(F)F. The van der Waals surface area contributed by atoms with E-state index in [9.17, 15) is 73.1 Å². The maximum absolute atomic E-state index is 13.7. The van der Waals surface area contributed by atoms with E-state index in [2.05, 4.69) is 0 Å². The van der Waals surface area contributed by atoms with Crippen LogP contribution in [0.1, 0.15) is 5.56 Å². The third-order valence-corrected chi connectivity index (χ3v) is 5.34. The molecule has 0 bridgehead atoms. The molecule has 192 valence electrons. The first-order chi connectivity index (χ1) is 14.9. The highest BCUT2D eigenvalue weighted by atomic mass is 19.4. The predicted octanol–water partition coefficient (Wildman–Crippen LogP) is 4.02. The van der Waals surface area contributed by atoms with Crippen molar-refractivity contribution in [2.75, 3.05) is 0 Å². The second-order valence-corrected chi connectivity index (χ2v) is 7.25. The molecule has 4 N–H and O–H groups in total. The van der Waals surface area contributed by atoms with Gasteiger partial charge in [0.25, 0.3) is 11.2 Å². The Morgan fingerprint density at radius 3 is 1.26 bits per heavy atom. The number of alkyl halides is 12. The highest BCUT2D eigenvalue weighted by Crippen LogP contribution is 2.69. The van der Waals surface area contributed by atoms with Gasteiger partial charge in [0.2, 0.25) is 0 Å². The zero-order chi connectivity index (χ0) is 26.8. The lowest BCUT2D eigenvalue weighted by atomic mass is 9.52. The monoisotopic (exact) mass is 520 g/mol. The van der Waals surface area contributed by atoms with Crippen molar-refractivity contribution in [1.29, 1.82) is 0 Å². The predicted molar refractivity (Wildman–Crippen MR) is 87.3 cm³/mol. The second kappa shape index (κ2) is 7.60. The van der Waals surface area contributed by atoms with Crippen LogP contribution in [0.3, 0.4) is 0 Å². The third-order valence-electron chi connectivity index (χ3n) is 5.34. The van der Waals surface area contributed by atoms with Gasteiger partial charge in [0.1, 0.15) is 5.41 Å². The van der Waals surface area contributed by atoms with E-state index < -0.39 is 70.4 Å². The van der Waals surface area contributed by atoms with E-state index in [4.69, 9.17) is 0 Å². The fraction of sp³-hybridized carbons (Fsp3) is 0.444. The van der Waals surface area contributed by atoms with Gasteiger partial charge in [-0.2, -0.15) is 52.7 Å². The molecule has 2 rings (SSSR count). The van der Waals surface area contributed by atoms with Gasteiger partial charge in [0.05, 0.1) is 0 Å². The quantitative estimate of drug-likeness (QED) is 0.359. The van der Waals surface area contributed by atoms with E-state index in [1.807, 2.05) is 0 Å². The van der Waals surface area contributed by atoms with Crippen LogP contribution in [-0.2, 0) is 0 Å². The molecule has 1 aliphatic carbocycles. The molecule has 0 fully saturated rings. The van der Waals surface area contributed by atoms with Crippen LogP contribution in [0.2, 0.25) is 0 Å². The first kappa shape index (κ1) is 27.9. The van der Waals surface area contributed by atoms with Crippen molar-refractivity contribution in [3.8, 4) is 0 Å². The van der Waals surface area contributed by atoms with Crippen LogP contribution in [0.4, 0.5) is 52.7 Å². The smallest absolute Gasteiger partial charge is 0.373 e. The fourth-order valence-electron chi connectivity index (χ4n) is 3.75. The highest BCUT2D eigenvalue weighted by Gasteiger charge is 2.96. The first-order valence-electron chi connectivity index (χ1n) is 8.56. The molecular formula is C18H12F12O4. The van der Waals surface area contributed by atoms with Crippen molar-refractivity contribution in [2.24, 2.45) is 5.41 Å². The summed E-state index contributed by atoms with van der Waals surface area (Å²) >= 11 is 0. The number of hydrogen-bond donors (Lipinski definition) is 4. The number of halogens is 12. The molecule has 0 spiro atoms. The van der Waals surface area contributed by atoms with E-state index >= 15 is 0 Å². The minimum Gasteiger partial charge on any atom is -0.373 e. The van der Waals surface area contributed by atoms with E-state index in [1.165, 1.54) is 6.07 Å². The standard InChI is InChI=1S/C18H12F12O4/c19-15(20,21)13(33,16(22,23)24)11(14(34,17(25,26)27)18(28,29)30)8-10(6-7-12(11,31)32)9-4-2-1-3-5-9/h1-8,31-34H. The Morgan fingerprint density at radius 2 is 0.941 bits per heavy atom. The van der Waals surface area contributed by atoms with E-state index in [-0.39, 0.29) is 6.08 Å². The van der Waals surface area contributed by atoms with E-state index in [1.54, 1.807) is 0 Å². The molecule has 0 saturated heterocycles. The average Bonchev–Trinajstić information content (AvgIpc) is 2.64. The van der Waals surface area contributed by atoms with Crippen molar-refractivity contribution >= 4 is 5.57 Å². The summed E-state index contributed by atoms with van der Waals surface area (Å²) in [5.74, 6) is -5.44. The lowest BCUT2D eigenvalue weighted by Gasteiger charge is -2.59. The van der Waals surface area contributed by atoms with Gasteiger partial charge in [-0.3, -0.25) is 0 Å². The lowest BCUT2D eigenvalue weighted by molar-refractivity contribution is -0.497. The van der Waals surface area contributed by atoms with Crippen molar-refractivity contribution in [3.63, 3.8) is 0 Å². The van der Waals surface area contributed by atoms with Crippen LogP contribution >= 0.6 is 0 Å². The molecule has 1 aliphatic rings. The normalized spacial score (nSPS) is 19.7. The second-order valence-electron chi connectivity index (χ2n) is 7.25. The Morgan fingerprint density at radius 1 is 0.588 bits per heavy atom. The molecule has 0 aliphatic heterocycles. The molecule has 0 atom stereocenters. The number of allylic oxidation sites excluding steroid dienone is 2. The molecule has 0 amide bonds. The van der Waals surface area contributed by atoms with Gasteiger partial charge < -0.3 is 20.4 Å². The van der Waals surface area contributed by atoms with Gasteiger partial charge in [-0.05, 0) is 17.2 Å². The van der Waals surface area contributed by atoms with E-state index in [0.29, 0.717) is 0 Å². The van der Waals surface area contributed by atoms with Crippen LogP contribution in [0, 0.1) is 5.41 Å². The summed E-state index contributed by atoms with van der Waals surface area (Å²) in [6.07, 6.45) is -31.6. The Balaban J connectivity index is 3.32. The molecule has 1 aromatic rings. The van der Waals surface area contributed by atoms with Gasteiger partial charge in [0.15, 0.2) is 5.79 Å². The zero-order valence-electron chi connectivity index (χ0n) is 15.9. The zero-order valence-corrected chi connectivity index (χ0v) is 15.9. The Kier molecular flexibility index (Phi) is 6.24. The van der Waals surface area contributed by atoms with Crippen LogP contribution in [0.5, 0.6) is 0 Å². The van der Waals surface area contributed by atoms with Crippen LogP contribution in [0.15, 0.2) is 48.6 Å². The molecule has 0 saturated carbocycles. The van der Waals surface area contributed by atoms with Crippen molar-refractivity contribution in [3.05, 3.63) is 54.1 Å². The topological polar surface area (TPSA) is 80.9 Å². The third kappa shape index (κ3) is 3.49. The number of hydrogen-bond acceptors (Lipinski definition) is 4. The molecule has 1 aromatic carbocycles. The molecule has 0 unspecified atom stereocenters. The summed E-state index contributed by atoms with van der Waals surface area (Å²) in [6.45, 7) is 0. The molecule has 0 radical (unpaired) electrons. The summed E-state index contributed by atoms with van der Waals surface area (Å²) in [6, 6.07) is 4.91. The summed E-state index contributed by atoms with van der Waals surface area (Å²) in [5.41, 5.74) is -22.8. The average molecular weight is 520 g/mol. The van der Waals surface area contributed by atoms with Gasteiger partial charge in [-0.25, -0.2) is 0 Å². The van der Waals surface area contributed by atoms with Gasteiger partial charge in [0, 0.05) is 0 Å². The van der Waals surface area contributed by atoms with Crippen molar-refractivity contribution in [2.45, 2.75) is 41.7 Å². The van der Waals surface area contributed by atoms with Crippen LogP contribution in [0.25, 0.3) is 5.57 Å². The number of benzene rings is 1. The number of aliphatic hydroxyl groups is 4. The Bertz CT molecular complexity index is 902. The highest BCUT2D eigenvalue weighted by molar-refractivity contribution is 5.77. The molecule has 34 heavy (non-hydrogen) atoms. The minimum absolute atomic E-state index is 0.202. The van der Waals surface area contributed by atoms with Gasteiger partial charge in [-0.1, -0.05) is 42.5 Å². The Labute approximate surface area is 181 Å². The van der Waals surface area contributed by atoms with Crippen LogP contribution in [-0.4, -0.2) is 62.1 Å². The van der Waals surface area contributed by atoms with Crippen LogP contribution < -0.4 is 0 Å². The molecule has 16 heteroatoms. The molecule has 0 aromatic heterocycles. The van der Waals surface area contributed by atoms with Crippen molar-refractivity contribution < 1.29 is 73.1 Å². The summed E-state index contributed by atoms with van der Waals surface area (Å²) in [5, 5.41) is 39.6. The molecular weight excluding hydrogens is 508 g/mol. The van der Waals surface area contributed by atoms with Gasteiger partial charge >= 0.3 is 24.7 Å². The summed E-state index contributed by atoms with van der Waals surface area (Å²) < 4.78 is 165. The lowest BCUT2D eigenvalue weighted by Crippen LogP contribution is -2.85. The number of rotatable bonds is 3. The molecule has 0 heterocycles. The fourth-order valence-corrected chi connectivity index (χ4v) is 3.75. The van der Waals surface area contributed by atoms with Crippen molar-refractivity contribution in [1.82, 2.24) is 0 Å². The van der Waals surface area contributed by atoms with Gasteiger partial charge in [-0.15, -0.1) is 0 Å². The summed E-state index contributed by atoms with van der Waals surface area (Å²) in [4.78, 5) is 0.